The van der Waals surface area contributed by atoms with Gasteiger partial charge in [0.1, 0.15) is 17.0 Å². The zero-order chi connectivity index (χ0) is 34.0. The van der Waals surface area contributed by atoms with Crippen molar-refractivity contribution in [1.29, 1.82) is 0 Å². The number of esters is 1. The maximum atomic E-state index is 12.3. The Morgan fingerprint density at radius 1 is 0.957 bits per heavy atom. The lowest BCUT2D eigenvalue weighted by Gasteiger charge is -2.39. The third kappa shape index (κ3) is 12.4. The third-order valence-corrected chi connectivity index (χ3v) is 7.23. The zero-order valence-electron chi connectivity index (χ0n) is 28.8. The monoisotopic (exact) mass is 646 g/mol. The maximum Gasteiger partial charge on any atom is 0.407 e. The number of nitrogens with one attached hydrogen (secondary N) is 3. The minimum atomic E-state index is -0.510. The van der Waals surface area contributed by atoms with Crippen LogP contribution >= 0.6 is 0 Å². The number of anilines is 3. The Kier molecular flexibility index (Phi) is 12.1. The number of pyridine rings is 1. The van der Waals surface area contributed by atoms with E-state index in [1.165, 1.54) is 5.56 Å². The van der Waals surface area contributed by atoms with Crippen molar-refractivity contribution in [2.45, 2.75) is 78.7 Å². The van der Waals surface area contributed by atoms with Gasteiger partial charge in [-0.3, -0.25) is 14.6 Å². The van der Waals surface area contributed by atoms with Crippen LogP contribution in [-0.4, -0.2) is 93.3 Å². The molecule has 12 nitrogen and oxygen atoms in total. The van der Waals surface area contributed by atoms with Crippen LogP contribution in [0.5, 0.6) is 0 Å². The molecule has 3 aromatic rings. The molecule has 1 aliphatic heterocycles. The van der Waals surface area contributed by atoms with E-state index in [0.29, 0.717) is 31.6 Å². The molecule has 2 aromatic heterocycles. The molecule has 4 rings (SSSR count). The smallest absolute Gasteiger partial charge is 0.407 e. The summed E-state index contributed by atoms with van der Waals surface area (Å²) in [5.74, 6) is 1.07. The van der Waals surface area contributed by atoms with E-state index in [1.807, 2.05) is 71.9 Å². The summed E-state index contributed by atoms with van der Waals surface area (Å²) in [5.41, 5.74) is 2.76. The molecule has 1 aromatic carbocycles. The maximum absolute atomic E-state index is 12.3. The Hall–Kier alpha value is -4.29. The number of hydrogen-bond acceptors (Lipinski definition) is 11. The Morgan fingerprint density at radius 3 is 2.45 bits per heavy atom. The fourth-order valence-electron chi connectivity index (χ4n) is 5.16. The molecule has 1 aliphatic rings. The highest BCUT2D eigenvalue weighted by atomic mass is 16.6. The molecule has 1 saturated heterocycles. The van der Waals surface area contributed by atoms with Gasteiger partial charge in [-0.1, -0.05) is 12.1 Å². The summed E-state index contributed by atoms with van der Waals surface area (Å²) in [6.07, 6.45) is 3.83. The van der Waals surface area contributed by atoms with Crippen LogP contribution in [0.4, 0.5) is 22.2 Å². The van der Waals surface area contributed by atoms with Crippen molar-refractivity contribution >= 4 is 29.5 Å². The number of rotatable bonds is 12. The van der Waals surface area contributed by atoms with Crippen molar-refractivity contribution in [3.8, 4) is 11.3 Å². The van der Waals surface area contributed by atoms with Crippen LogP contribution in [-0.2, 0) is 20.8 Å². The third-order valence-electron chi connectivity index (χ3n) is 7.23. The highest BCUT2D eigenvalue weighted by Gasteiger charge is 2.27. The van der Waals surface area contributed by atoms with E-state index in [1.54, 1.807) is 12.4 Å². The van der Waals surface area contributed by atoms with Crippen molar-refractivity contribution in [3.63, 3.8) is 0 Å². The first kappa shape index (κ1) is 35.6. The molecule has 0 spiro atoms. The van der Waals surface area contributed by atoms with Gasteiger partial charge in [0.05, 0.1) is 12.2 Å². The fraction of sp³-hybridized carbons (Fsp3) is 0.514. The number of benzene rings is 1. The molecule has 1 atom stereocenters. The number of carbonyl (C=O) groups excluding carboxylic acids is 2. The van der Waals surface area contributed by atoms with Gasteiger partial charge in [0.25, 0.3) is 0 Å². The van der Waals surface area contributed by atoms with Gasteiger partial charge in [0.15, 0.2) is 0 Å². The van der Waals surface area contributed by atoms with Crippen molar-refractivity contribution in [3.05, 3.63) is 60.4 Å². The standard InChI is InChI=1S/C35H50N8O4/c1-25-22-42(24-31(44)46-34(2,3)4)18-19-43(25)23-26-10-8-11-28(20-26)40-32-37-17-14-29(41-32)27-12-13-30(39-21-27)36-15-9-16-38-33(45)47-35(5,6)7/h8,10-14,17,20-21,25H,9,15-16,18-19,22-24H2,1-7H3,(H,36,39)(H,38,45)(H,37,40,41). The fourth-order valence-corrected chi connectivity index (χ4v) is 5.16. The Morgan fingerprint density at radius 2 is 1.74 bits per heavy atom. The minimum Gasteiger partial charge on any atom is -0.459 e. The molecule has 0 radical (unpaired) electrons. The molecule has 1 fully saturated rings. The quantitative estimate of drug-likeness (QED) is 0.171. The van der Waals surface area contributed by atoms with Crippen molar-refractivity contribution in [1.82, 2.24) is 30.1 Å². The van der Waals surface area contributed by atoms with Gasteiger partial charge in [-0.25, -0.2) is 19.7 Å². The average Bonchev–Trinajstić information content (AvgIpc) is 2.97. The van der Waals surface area contributed by atoms with E-state index in [-0.39, 0.29) is 5.97 Å². The molecular formula is C35H50N8O4. The first-order valence-corrected chi connectivity index (χ1v) is 16.3. The summed E-state index contributed by atoms with van der Waals surface area (Å²) in [4.78, 5) is 42.3. The highest BCUT2D eigenvalue weighted by Crippen LogP contribution is 2.22. The number of amides is 1. The van der Waals surface area contributed by atoms with E-state index < -0.39 is 17.3 Å². The number of alkyl carbamates (subject to hydrolysis) is 1. The molecule has 3 heterocycles. The van der Waals surface area contributed by atoms with E-state index in [4.69, 9.17) is 14.5 Å². The average molecular weight is 647 g/mol. The predicted octanol–water partition coefficient (Wildman–Crippen LogP) is 5.46. The minimum absolute atomic E-state index is 0.174. The summed E-state index contributed by atoms with van der Waals surface area (Å²) in [6.45, 7) is 18.2. The predicted molar refractivity (Wildman–Crippen MR) is 184 cm³/mol. The second-order valence-electron chi connectivity index (χ2n) is 13.9. The van der Waals surface area contributed by atoms with Crippen molar-refractivity contribution in [2.24, 2.45) is 0 Å². The van der Waals surface area contributed by atoms with Crippen LogP contribution in [0.2, 0.25) is 0 Å². The van der Waals surface area contributed by atoms with Crippen LogP contribution in [0.3, 0.4) is 0 Å². The topological polar surface area (TPSA) is 134 Å². The summed E-state index contributed by atoms with van der Waals surface area (Å²) in [6, 6.07) is 14.3. The van der Waals surface area contributed by atoms with E-state index in [2.05, 4.69) is 54.8 Å². The Labute approximate surface area is 278 Å². The van der Waals surface area contributed by atoms with Gasteiger partial charge in [0.2, 0.25) is 5.95 Å². The molecule has 1 amide bonds. The normalized spacial score (nSPS) is 15.9. The first-order valence-electron chi connectivity index (χ1n) is 16.3. The van der Waals surface area contributed by atoms with E-state index in [0.717, 1.165) is 55.4 Å². The zero-order valence-corrected chi connectivity index (χ0v) is 28.8. The summed E-state index contributed by atoms with van der Waals surface area (Å²) in [7, 11) is 0. The Bertz CT molecular complexity index is 1470. The van der Waals surface area contributed by atoms with Crippen LogP contribution < -0.4 is 16.0 Å². The molecular weight excluding hydrogens is 596 g/mol. The highest BCUT2D eigenvalue weighted by molar-refractivity contribution is 5.72. The molecule has 12 heteroatoms. The van der Waals surface area contributed by atoms with Gasteiger partial charge >= 0.3 is 12.1 Å². The molecule has 47 heavy (non-hydrogen) atoms. The largest absolute Gasteiger partial charge is 0.459 e. The van der Waals surface area contributed by atoms with Gasteiger partial charge in [0, 0.05) is 69.0 Å². The van der Waals surface area contributed by atoms with Gasteiger partial charge in [-0.2, -0.15) is 0 Å². The molecule has 0 aliphatic carbocycles. The molecule has 3 N–H and O–H groups in total. The van der Waals surface area contributed by atoms with Crippen LogP contribution in [0.1, 0.15) is 60.5 Å². The van der Waals surface area contributed by atoms with Gasteiger partial charge < -0.3 is 25.4 Å². The lowest BCUT2D eigenvalue weighted by molar-refractivity contribution is -0.156. The summed E-state index contributed by atoms with van der Waals surface area (Å²) < 4.78 is 10.7. The lowest BCUT2D eigenvalue weighted by atomic mass is 10.1. The second-order valence-corrected chi connectivity index (χ2v) is 13.9. The van der Waals surface area contributed by atoms with E-state index in [9.17, 15) is 9.59 Å². The molecule has 254 valence electrons. The summed E-state index contributed by atoms with van der Waals surface area (Å²) >= 11 is 0. The number of ether oxygens (including phenoxy) is 2. The second kappa shape index (κ2) is 16.0. The van der Waals surface area contributed by atoms with Crippen molar-refractivity contribution < 1.29 is 19.1 Å². The Balaban J connectivity index is 1.25. The van der Waals surface area contributed by atoms with Gasteiger partial charge in [-0.05, 0) is 90.8 Å². The summed E-state index contributed by atoms with van der Waals surface area (Å²) in [5, 5.41) is 9.38. The lowest BCUT2D eigenvalue weighted by Crippen LogP contribution is -2.52. The van der Waals surface area contributed by atoms with Crippen LogP contribution in [0.15, 0.2) is 54.9 Å². The van der Waals surface area contributed by atoms with E-state index >= 15 is 0 Å². The first-order chi connectivity index (χ1) is 22.2. The number of nitrogens with zero attached hydrogens (tertiary/aromatic N) is 5. The van der Waals surface area contributed by atoms with Crippen LogP contribution in [0.25, 0.3) is 11.3 Å². The number of piperazine rings is 1. The SMILES string of the molecule is CC1CN(CC(=O)OC(C)(C)C)CCN1Cc1cccc(Nc2nccc(-c3ccc(NCCCNC(=O)OC(C)(C)C)nc3)n2)c1. The molecule has 1 unspecified atom stereocenters. The molecule has 0 bridgehead atoms. The molecule has 0 saturated carbocycles. The van der Waals surface area contributed by atoms with Gasteiger partial charge in [-0.15, -0.1) is 0 Å². The number of aromatic nitrogens is 3. The number of carbonyl (C=O) groups is 2. The van der Waals surface area contributed by atoms with Crippen LogP contribution in [0, 0.1) is 0 Å². The number of hydrogen-bond donors (Lipinski definition) is 3. The van der Waals surface area contributed by atoms with Crippen molar-refractivity contribution in [2.75, 3.05) is 49.9 Å².